The monoisotopic (exact) mass is 198 g/mol. The highest BCUT2D eigenvalue weighted by molar-refractivity contribution is 4.95. The first-order chi connectivity index (χ1) is 6.93. The van der Waals surface area contributed by atoms with E-state index >= 15 is 0 Å². The molecular weight excluding hydrogens is 180 g/mol. The molecule has 0 atom stereocenters. The Morgan fingerprint density at radius 3 is 3.00 bits per heavy atom. The highest BCUT2D eigenvalue weighted by Crippen LogP contribution is 2.09. The molecule has 0 fully saturated rings. The Morgan fingerprint density at radius 1 is 1.43 bits per heavy atom. The minimum atomic E-state index is 0.689. The van der Waals surface area contributed by atoms with Crippen molar-refractivity contribution in [2.24, 2.45) is 0 Å². The maximum absolute atomic E-state index is 5.56. The molecule has 0 aromatic carbocycles. The molecule has 0 spiro atoms. The van der Waals surface area contributed by atoms with Crippen LogP contribution in [0.2, 0.25) is 0 Å². The molecule has 1 heterocycles. The molecule has 14 heavy (non-hydrogen) atoms. The van der Waals surface area contributed by atoms with E-state index < -0.39 is 0 Å². The van der Waals surface area contributed by atoms with E-state index in [4.69, 9.17) is 14.2 Å². The SMILES string of the molecule is C=COCCCCOC1=CCOCC1. The summed E-state index contributed by atoms with van der Waals surface area (Å²) in [7, 11) is 0. The highest BCUT2D eigenvalue weighted by atomic mass is 16.5. The van der Waals surface area contributed by atoms with Crippen LogP contribution in [0.1, 0.15) is 19.3 Å². The van der Waals surface area contributed by atoms with E-state index in [9.17, 15) is 0 Å². The zero-order chi connectivity index (χ0) is 10.1. The number of hydrogen-bond acceptors (Lipinski definition) is 3. The van der Waals surface area contributed by atoms with E-state index in [-0.39, 0.29) is 0 Å². The summed E-state index contributed by atoms with van der Waals surface area (Å²) in [6, 6.07) is 0. The van der Waals surface area contributed by atoms with Crippen LogP contribution in [0.25, 0.3) is 0 Å². The van der Waals surface area contributed by atoms with Gasteiger partial charge in [0.1, 0.15) is 0 Å². The Bertz CT molecular complexity index is 187. The predicted octanol–water partition coefficient (Wildman–Crippen LogP) is 2.25. The van der Waals surface area contributed by atoms with E-state index in [0.717, 1.165) is 44.8 Å². The number of unbranched alkanes of at least 4 members (excludes halogenated alkanes) is 1. The summed E-state index contributed by atoms with van der Waals surface area (Å²) in [5, 5.41) is 0. The molecule has 0 bridgehead atoms. The van der Waals surface area contributed by atoms with Crippen molar-refractivity contribution in [3.63, 3.8) is 0 Å². The Balaban J connectivity index is 1.92. The van der Waals surface area contributed by atoms with Crippen LogP contribution in [0.15, 0.2) is 24.7 Å². The van der Waals surface area contributed by atoms with Crippen LogP contribution >= 0.6 is 0 Å². The Morgan fingerprint density at radius 2 is 2.29 bits per heavy atom. The van der Waals surface area contributed by atoms with Gasteiger partial charge in [0, 0.05) is 6.42 Å². The minimum Gasteiger partial charge on any atom is -0.502 e. The molecule has 0 saturated heterocycles. The first kappa shape index (κ1) is 11.1. The summed E-state index contributed by atoms with van der Waals surface area (Å²) in [6.07, 6.45) is 6.41. The van der Waals surface area contributed by atoms with Gasteiger partial charge in [0.25, 0.3) is 0 Å². The van der Waals surface area contributed by atoms with E-state index in [1.807, 2.05) is 6.08 Å². The Labute approximate surface area is 85.3 Å². The van der Waals surface area contributed by atoms with Crippen molar-refractivity contribution in [2.75, 3.05) is 26.4 Å². The van der Waals surface area contributed by atoms with Gasteiger partial charge >= 0.3 is 0 Å². The third-order valence-electron chi connectivity index (χ3n) is 1.98. The van der Waals surface area contributed by atoms with Gasteiger partial charge in [-0.2, -0.15) is 0 Å². The third kappa shape index (κ3) is 4.92. The van der Waals surface area contributed by atoms with Crippen LogP contribution in [-0.2, 0) is 14.2 Å². The first-order valence-electron chi connectivity index (χ1n) is 5.05. The van der Waals surface area contributed by atoms with Gasteiger partial charge in [-0.25, -0.2) is 0 Å². The van der Waals surface area contributed by atoms with Crippen LogP contribution in [0.4, 0.5) is 0 Å². The normalized spacial score (nSPS) is 15.9. The maximum Gasteiger partial charge on any atom is 0.0965 e. The smallest absolute Gasteiger partial charge is 0.0965 e. The van der Waals surface area contributed by atoms with Gasteiger partial charge in [-0.3, -0.25) is 0 Å². The number of rotatable bonds is 7. The van der Waals surface area contributed by atoms with Gasteiger partial charge in [0.2, 0.25) is 0 Å². The quantitative estimate of drug-likeness (QED) is 0.464. The Hall–Kier alpha value is -0.960. The molecule has 0 unspecified atom stereocenters. The number of hydrogen-bond donors (Lipinski definition) is 0. The summed E-state index contributed by atoms with van der Waals surface area (Å²) in [5.74, 6) is 1.07. The minimum absolute atomic E-state index is 0.689. The van der Waals surface area contributed by atoms with Crippen LogP contribution in [-0.4, -0.2) is 26.4 Å². The lowest BCUT2D eigenvalue weighted by atomic mass is 10.3. The topological polar surface area (TPSA) is 27.7 Å². The second kappa shape index (κ2) is 7.44. The summed E-state index contributed by atoms with van der Waals surface area (Å²) >= 11 is 0. The van der Waals surface area contributed by atoms with Gasteiger partial charge in [0.15, 0.2) is 0 Å². The molecule has 0 saturated carbocycles. The summed E-state index contributed by atoms with van der Waals surface area (Å²) in [5.41, 5.74) is 0. The van der Waals surface area contributed by atoms with E-state index in [1.54, 1.807) is 0 Å². The molecule has 3 heteroatoms. The average Bonchev–Trinajstić information content (AvgIpc) is 2.25. The lowest BCUT2D eigenvalue weighted by molar-refractivity contribution is 0.108. The van der Waals surface area contributed by atoms with Crippen molar-refractivity contribution >= 4 is 0 Å². The summed E-state index contributed by atoms with van der Waals surface area (Å²) in [6.45, 7) is 6.45. The molecule has 0 aromatic heterocycles. The fourth-order valence-corrected chi connectivity index (χ4v) is 1.22. The zero-order valence-electron chi connectivity index (χ0n) is 8.54. The molecule has 0 aliphatic carbocycles. The lowest BCUT2D eigenvalue weighted by Crippen LogP contribution is -2.07. The second-order valence-electron chi connectivity index (χ2n) is 3.09. The molecule has 3 nitrogen and oxygen atoms in total. The van der Waals surface area contributed by atoms with E-state index in [2.05, 4.69) is 6.58 Å². The maximum atomic E-state index is 5.56. The van der Waals surface area contributed by atoms with Gasteiger partial charge in [-0.05, 0) is 18.9 Å². The fraction of sp³-hybridized carbons (Fsp3) is 0.636. The standard InChI is InChI=1S/C11H18O3/c1-2-12-7-3-4-8-14-11-5-9-13-10-6-11/h2,5H,1,3-4,6-10H2. The van der Waals surface area contributed by atoms with E-state index in [1.165, 1.54) is 6.26 Å². The fourth-order valence-electron chi connectivity index (χ4n) is 1.22. The van der Waals surface area contributed by atoms with Crippen LogP contribution < -0.4 is 0 Å². The molecule has 1 aliphatic rings. The van der Waals surface area contributed by atoms with Crippen molar-refractivity contribution in [1.29, 1.82) is 0 Å². The average molecular weight is 198 g/mol. The van der Waals surface area contributed by atoms with Crippen molar-refractivity contribution in [2.45, 2.75) is 19.3 Å². The highest BCUT2D eigenvalue weighted by Gasteiger charge is 2.03. The van der Waals surface area contributed by atoms with Crippen molar-refractivity contribution in [3.05, 3.63) is 24.7 Å². The molecular formula is C11H18O3. The molecule has 0 aromatic rings. The molecule has 80 valence electrons. The summed E-state index contributed by atoms with van der Waals surface area (Å²) in [4.78, 5) is 0. The molecule has 0 N–H and O–H groups in total. The molecule has 0 amide bonds. The van der Waals surface area contributed by atoms with Crippen molar-refractivity contribution < 1.29 is 14.2 Å². The summed E-state index contributed by atoms with van der Waals surface area (Å²) < 4.78 is 15.7. The van der Waals surface area contributed by atoms with Crippen LogP contribution in [0.5, 0.6) is 0 Å². The zero-order valence-corrected chi connectivity index (χ0v) is 8.54. The van der Waals surface area contributed by atoms with Gasteiger partial charge < -0.3 is 14.2 Å². The lowest BCUT2D eigenvalue weighted by Gasteiger charge is -2.14. The predicted molar refractivity (Wildman–Crippen MR) is 54.9 cm³/mol. The largest absolute Gasteiger partial charge is 0.502 e. The molecule has 1 rings (SSSR count). The van der Waals surface area contributed by atoms with Crippen LogP contribution in [0.3, 0.4) is 0 Å². The number of ether oxygens (including phenoxy) is 3. The van der Waals surface area contributed by atoms with Gasteiger partial charge in [0.05, 0.1) is 38.4 Å². The van der Waals surface area contributed by atoms with Crippen molar-refractivity contribution in [3.8, 4) is 0 Å². The first-order valence-corrected chi connectivity index (χ1v) is 5.05. The van der Waals surface area contributed by atoms with Crippen molar-refractivity contribution in [1.82, 2.24) is 0 Å². The van der Waals surface area contributed by atoms with Gasteiger partial charge in [-0.1, -0.05) is 6.58 Å². The molecule has 1 aliphatic heterocycles. The van der Waals surface area contributed by atoms with Crippen LogP contribution in [0, 0.1) is 0 Å². The molecule has 0 radical (unpaired) electrons. The Kier molecular flexibility index (Phi) is 5.91. The van der Waals surface area contributed by atoms with E-state index in [0.29, 0.717) is 6.61 Å². The van der Waals surface area contributed by atoms with Gasteiger partial charge in [-0.15, -0.1) is 0 Å². The third-order valence-corrected chi connectivity index (χ3v) is 1.98. The second-order valence-corrected chi connectivity index (χ2v) is 3.09.